The van der Waals surface area contributed by atoms with Gasteiger partial charge in [-0.3, -0.25) is 4.79 Å². The summed E-state index contributed by atoms with van der Waals surface area (Å²) >= 11 is 0. The Morgan fingerprint density at radius 1 is 1.07 bits per heavy atom. The summed E-state index contributed by atoms with van der Waals surface area (Å²) in [6.07, 6.45) is 1.44. The molecule has 0 atom stereocenters. The van der Waals surface area contributed by atoms with Crippen molar-refractivity contribution in [1.82, 2.24) is 9.71 Å². The number of aromatic nitrogens is 1. The van der Waals surface area contributed by atoms with Crippen molar-refractivity contribution in [2.75, 3.05) is 19.5 Å². The summed E-state index contributed by atoms with van der Waals surface area (Å²) in [6, 6.07) is 7.44. The largest absolute Gasteiger partial charge is 0.495 e. The van der Waals surface area contributed by atoms with Gasteiger partial charge in [-0.1, -0.05) is 0 Å². The number of pyridine rings is 1. The molecule has 1 amide bonds. The second-order valence-corrected chi connectivity index (χ2v) is 8.42. The van der Waals surface area contributed by atoms with Crippen molar-refractivity contribution >= 4 is 21.6 Å². The summed E-state index contributed by atoms with van der Waals surface area (Å²) in [6.45, 7) is 5.18. The van der Waals surface area contributed by atoms with Crippen molar-refractivity contribution in [3.8, 4) is 11.6 Å². The van der Waals surface area contributed by atoms with Crippen LogP contribution in [0.1, 0.15) is 31.1 Å². The van der Waals surface area contributed by atoms with Crippen molar-refractivity contribution < 1.29 is 22.7 Å². The van der Waals surface area contributed by atoms with Gasteiger partial charge in [0.15, 0.2) is 0 Å². The molecule has 2 rings (SSSR count). The predicted octanol–water partition coefficient (Wildman–Crippen LogP) is 2.43. The standard InChI is InChI=1S/C18H23N3O5S/c1-18(2,3)21-27(23,24)15-10-12(6-8-14(15)25-4)17(22)20-13-7-9-16(26-5)19-11-13/h6-11,21H,1-5H3,(H,20,22). The Kier molecular flexibility index (Phi) is 6.07. The minimum absolute atomic E-state index is 0.111. The lowest BCUT2D eigenvalue weighted by Gasteiger charge is -2.21. The van der Waals surface area contributed by atoms with Crippen LogP contribution < -0.4 is 19.5 Å². The molecule has 0 unspecified atom stereocenters. The van der Waals surface area contributed by atoms with Crippen molar-refractivity contribution in [3.63, 3.8) is 0 Å². The van der Waals surface area contributed by atoms with Crippen molar-refractivity contribution in [1.29, 1.82) is 0 Å². The fourth-order valence-electron chi connectivity index (χ4n) is 2.26. The van der Waals surface area contributed by atoms with E-state index in [-0.39, 0.29) is 16.2 Å². The third-order valence-corrected chi connectivity index (χ3v) is 5.14. The Hall–Kier alpha value is -2.65. The van der Waals surface area contributed by atoms with E-state index in [1.807, 2.05) is 0 Å². The molecule has 0 radical (unpaired) electrons. The molecule has 0 aliphatic rings. The van der Waals surface area contributed by atoms with E-state index in [9.17, 15) is 13.2 Å². The summed E-state index contributed by atoms with van der Waals surface area (Å²) in [5.41, 5.74) is -0.0635. The van der Waals surface area contributed by atoms with E-state index in [0.717, 1.165) is 0 Å². The van der Waals surface area contributed by atoms with Crippen LogP contribution in [0.2, 0.25) is 0 Å². The van der Waals surface area contributed by atoms with E-state index in [1.165, 1.54) is 38.6 Å². The number of carbonyl (C=O) groups excluding carboxylic acids is 1. The van der Waals surface area contributed by atoms with Gasteiger partial charge in [-0.2, -0.15) is 0 Å². The maximum atomic E-state index is 12.7. The minimum Gasteiger partial charge on any atom is -0.495 e. The number of rotatable bonds is 6. The van der Waals surface area contributed by atoms with Crippen LogP contribution in [0.3, 0.4) is 0 Å². The molecular weight excluding hydrogens is 370 g/mol. The number of nitrogens with one attached hydrogen (secondary N) is 2. The van der Waals surface area contributed by atoms with Gasteiger partial charge >= 0.3 is 0 Å². The molecule has 0 saturated heterocycles. The van der Waals surface area contributed by atoms with Gasteiger partial charge in [0.1, 0.15) is 10.6 Å². The number of nitrogens with zero attached hydrogens (tertiary/aromatic N) is 1. The van der Waals surface area contributed by atoms with Crippen LogP contribution in [0.5, 0.6) is 11.6 Å². The fourth-order valence-corrected chi connectivity index (χ4v) is 3.88. The molecule has 146 valence electrons. The Bertz CT molecular complexity index is 919. The third-order valence-electron chi connectivity index (χ3n) is 3.36. The number of sulfonamides is 1. The number of benzene rings is 1. The quantitative estimate of drug-likeness (QED) is 0.781. The first-order chi connectivity index (χ1) is 12.6. The highest BCUT2D eigenvalue weighted by atomic mass is 32.2. The van der Waals surface area contributed by atoms with Crippen LogP contribution in [0.4, 0.5) is 5.69 Å². The van der Waals surface area contributed by atoms with Crippen LogP contribution in [0, 0.1) is 0 Å². The number of anilines is 1. The first-order valence-corrected chi connectivity index (χ1v) is 9.57. The molecule has 2 N–H and O–H groups in total. The van der Waals surface area contributed by atoms with Gasteiger partial charge in [-0.15, -0.1) is 0 Å². The van der Waals surface area contributed by atoms with E-state index in [1.54, 1.807) is 32.9 Å². The van der Waals surface area contributed by atoms with E-state index in [0.29, 0.717) is 11.6 Å². The Balaban J connectivity index is 2.33. The maximum absolute atomic E-state index is 12.7. The fraction of sp³-hybridized carbons (Fsp3) is 0.333. The number of carbonyl (C=O) groups is 1. The van der Waals surface area contributed by atoms with Gasteiger partial charge in [-0.05, 0) is 45.0 Å². The van der Waals surface area contributed by atoms with Crippen LogP contribution in [0.15, 0.2) is 41.4 Å². The van der Waals surface area contributed by atoms with E-state index in [4.69, 9.17) is 9.47 Å². The normalized spacial score (nSPS) is 11.7. The molecule has 0 aliphatic heterocycles. The highest BCUT2D eigenvalue weighted by Crippen LogP contribution is 2.26. The van der Waals surface area contributed by atoms with Crippen LogP contribution >= 0.6 is 0 Å². The molecule has 1 aromatic carbocycles. The molecule has 2 aromatic rings. The highest BCUT2D eigenvalue weighted by Gasteiger charge is 2.26. The van der Waals surface area contributed by atoms with E-state index >= 15 is 0 Å². The Morgan fingerprint density at radius 3 is 2.30 bits per heavy atom. The summed E-state index contributed by atoms with van der Waals surface area (Å²) in [5.74, 6) is 0.0883. The Morgan fingerprint density at radius 2 is 1.78 bits per heavy atom. The highest BCUT2D eigenvalue weighted by molar-refractivity contribution is 7.89. The van der Waals surface area contributed by atoms with Crippen LogP contribution in [-0.2, 0) is 10.0 Å². The second kappa shape index (κ2) is 7.93. The van der Waals surface area contributed by atoms with E-state index in [2.05, 4.69) is 15.0 Å². The summed E-state index contributed by atoms with van der Waals surface area (Å²) < 4.78 is 38.0. The van der Waals surface area contributed by atoms with Crippen LogP contribution in [0.25, 0.3) is 0 Å². The van der Waals surface area contributed by atoms with Crippen LogP contribution in [-0.4, -0.2) is 39.1 Å². The lowest BCUT2D eigenvalue weighted by molar-refractivity contribution is 0.102. The molecule has 27 heavy (non-hydrogen) atoms. The molecule has 0 spiro atoms. The Labute approximate surface area is 159 Å². The van der Waals surface area contributed by atoms with Gasteiger partial charge in [0.05, 0.1) is 26.1 Å². The van der Waals surface area contributed by atoms with Crippen molar-refractivity contribution in [2.24, 2.45) is 0 Å². The molecular formula is C18H23N3O5S. The zero-order valence-electron chi connectivity index (χ0n) is 15.9. The number of hydrogen-bond acceptors (Lipinski definition) is 6. The average Bonchev–Trinajstić information content (AvgIpc) is 2.59. The first kappa shape index (κ1) is 20.7. The van der Waals surface area contributed by atoms with Gasteiger partial charge in [0.25, 0.3) is 5.91 Å². The number of ether oxygens (including phenoxy) is 2. The summed E-state index contributed by atoms with van der Waals surface area (Å²) in [7, 11) is -1.02. The zero-order valence-corrected chi connectivity index (χ0v) is 16.7. The molecule has 1 heterocycles. The lowest BCUT2D eigenvalue weighted by Crippen LogP contribution is -2.40. The van der Waals surface area contributed by atoms with Gasteiger partial charge < -0.3 is 14.8 Å². The first-order valence-electron chi connectivity index (χ1n) is 8.09. The SMILES string of the molecule is COc1ccc(NC(=O)c2ccc(OC)c(S(=O)(=O)NC(C)(C)C)c2)cn1. The average molecular weight is 393 g/mol. The molecule has 9 heteroatoms. The second-order valence-electron chi connectivity index (χ2n) is 6.76. The van der Waals surface area contributed by atoms with E-state index < -0.39 is 21.5 Å². The molecule has 0 bridgehead atoms. The summed E-state index contributed by atoms with van der Waals surface area (Å²) in [4.78, 5) is 16.4. The number of hydrogen-bond donors (Lipinski definition) is 2. The molecule has 0 aliphatic carbocycles. The number of methoxy groups -OCH3 is 2. The monoisotopic (exact) mass is 393 g/mol. The van der Waals surface area contributed by atoms with Gasteiger partial charge in [0, 0.05) is 17.2 Å². The molecule has 0 fully saturated rings. The van der Waals surface area contributed by atoms with Gasteiger partial charge in [-0.25, -0.2) is 18.1 Å². The number of amides is 1. The van der Waals surface area contributed by atoms with Crippen molar-refractivity contribution in [2.45, 2.75) is 31.2 Å². The molecule has 1 aromatic heterocycles. The topological polar surface area (TPSA) is 107 Å². The van der Waals surface area contributed by atoms with Gasteiger partial charge in [0.2, 0.25) is 15.9 Å². The van der Waals surface area contributed by atoms with Crippen molar-refractivity contribution in [3.05, 3.63) is 42.1 Å². The lowest BCUT2D eigenvalue weighted by atomic mass is 10.1. The third kappa shape index (κ3) is 5.41. The zero-order chi connectivity index (χ0) is 20.2. The molecule has 0 saturated carbocycles. The smallest absolute Gasteiger partial charge is 0.255 e. The summed E-state index contributed by atoms with van der Waals surface area (Å²) in [5, 5.41) is 2.66. The minimum atomic E-state index is -3.88. The maximum Gasteiger partial charge on any atom is 0.255 e. The predicted molar refractivity (Wildman–Crippen MR) is 102 cm³/mol. The molecule has 8 nitrogen and oxygen atoms in total.